The van der Waals surface area contributed by atoms with Crippen LogP contribution in [0.2, 0.25) is 0 Å². The van der Waals surface area contributed by atoms with Gasteiger partial charge in [-0.15, -0.1) is 0 Å². The number of fused-ring (bicyclic) bond motifs is 3. The van der Waals surface area contributed by atoms with E-state index in [1.54, 1.807) is 44.4 Å². The summed E-state index contributed by atoms with van der Waals surface area (Å²) in [5.74, 6) is 0.246. The molecule has 38 heavy (non-hydrogen) atoms. The molecule has 0 radical (unpaired) electrons. The molecule has 0 fully saturated rings. The third-order valence-electron chi connectivity index (χ3n) is 6.59. The van der Waals surface area contributed by atoms with Gasteiger partial charge >= 0.3 is 5.97 Å². The summed E-state index contributed by atoms with van der Waals surface area (Å²) in [5, 5.41) is 2.09. The van der Waals surface area contributed by atoms with E-state index in [4.69, 9.17) is 9.47 Å². The summed E-state index contributed by atoms with van der Waals surface area (Å²) in [6.45, 7) is 5.74. The zero-order valence-corrected chi connectivity index (χ0v) is 22.4. The molecule has 0 unspecified atom stereocenters. The van der Waals surface area contributed by atoms with Crippen molar-refractivity contribution in [3.63, 3.8) is 0 Å². The molecule has 5 rings (SSSR count). The molecule has 0 saturated carbocycles. The predicted octanol–water partition coefficient (Wildman–Crippen LogP) is 6.39. The lowest BCUT2D eigenvalue weighted by atomic mass is 10.0. The summed E-state index contributed by atoms with van der Waals surface area (Å²) in [4.78, 5) is 13.4. The monoisotopic (exact) mass is 528 g/mol. The number of benzene rings is 4. The number of carbonyl (C=O) groups is 1. The normalized spacial score (nSPS) is 11.6. The van der Waals surface area contributed by atoms with Crippen LogP contribution in [-0.4, -0.2) is 32.7 Å². The van der Waals surface area contributed by atoms with Crippen molar-refractivity contribution >= 4 is 43.4 Å². The fourth-order valence-corrected chi connectivity index (χ4v) is 5.86. The molecule has 0 saturated heterocycles. The molecule has 7 nitrogen and oxygen atoms in total. The first-order valence-corrected chi connectivity index (χ1v) is 13.7. The molecule has 8 heteroatoms. The highest BCUT2D eigenvalue weighted by atomic mass is 32.2. The second-order valence-electron chi connectivity index (χ2n) is 9.00. The van der Waals surface area contributed by atoms with Crippen molar-refractivity contribution in [3.05, 3.63) is 95.7 Å². The molecule has 0 spiro atoms. The van der Waals surface area contributed by atoms with E-state index in [0.29, 0.717) is 33.5 Å². The summed E-state index contributed by atoms with van der Waals surface area (Å²) >= 11 is 0. The number of nitrogens with one attached hydrogen (secondary N) is 1. The number of aryl methyl sites for hydroxylation is 1. The van der Waals surface area contributed by atoms with Crippen LogP contribution >= 0.6 is 0 Å². The topological polar surface area (TPSA) is 86.6 Å². The summed E-state index contributed by atoms with van der Waals surface area (Å²) in [6.07, 6.45) is 0. The number of nitrogens with zero attached hydrogens (tertiary/aromatic N) is 1. The minimum Gasteiger partial charge on any atom is -0.497 e. The van der Waals surface area contributed by atoms with Gasteiger partial charge in [-0.2, -0.15) is 0 Å². The van der Waals surface area contributed by atoms with Gasteiger partial charge in [-0.1, -0.05) is 42.0 Å². The van der Waals surface area contributed by atoms with Gasteiger partial charge in [-0.25, -0.2) is 13.2 Å². The number of rotatable bonds is 7. The summed E-state index contributed by atoms with van der Waals surface area (Å²) < 4.78 is 42.2. The van der Waals surface area contributed by atoms with Crippen LogP contribution in [0.3, 0.4) is 0 Å². The highest BCUT2D eigenvalue weighted by Gasteiger charge is 2.26. The van der Waals surface area contributed by atoms with E-state index in [0.717, 1.165) is 22.2 Å². The highest BCUT2D eigenvalue weighted by molar-refractivity contribution is 7.92. The Balaban J connectivity index is 1.81. The number of ether oxygens (including phenoxy) is 2. The van der Waals surface area contributed by atoms with Crippen LogP contribution in [-0.2, 0) is 14.8 Å². The molecule has 0 amide bonds. The van der Waals surface area contributed by atoms with Gasteiger partial charge in [0.2, 0.25) is 0 Å². The van der Waals surface area contributed by atoms with Gasteiger partial charge in [0.25, 0.3) is 10.0 Å². The average molecular weight is 529 g/mol. The Labute approximate surface area is 221 Å². The molecular weight excluding hydrogens is 500 g/mol. The van der Waals surface area contributed by atoms with E-state index >= 15 is 0 Å². The Kier molecular flexibility index (Phi) is 6.59. The number of methoxy groups -OCH3 is 1. The minimum atomic E-state index is -3.88. The first-order chi connectivity index (χ1) is 18.2. The number of carbonyl (C=O) groups excluding carboxylic acids is 1. The van der Waals surface area contributed by atoms with E-state index in [1.165, 1.54) is 0 Å². The quantitative estimate of drug-likeness (QED) is 0.248. The number of hydrogen-bond donors (Lipinski definition) is 1. The van der Waals surface area contributed by atoms with Crippen LogP contribution in [0.5, 0.6) is 5.75 Å². The molecule has 0 bridgehead atoms. The van der Waals surface area contributed by atoms with Crippen molar-refractivity contribution in [2.75, 3.05) is 18.4 Å². The van der Waals surface area contributed by atoms with Crippen LogP contribution in [0, 0.1) is 13.8 Å². The van der Waals surface area contributed by atoms with Gasteiger partial charge in [0, 0.05) is 27.5 Å². The molecule has 0 aliphatic carbocycles. The zero-order chi connectivity index (χ0) is 27.0. The van der Waals surface area contributed by atoms with Gasteiger partial charge in [0.15, 0.2) is 0 Å². The summed E-state index contributed by atoms with van der Waals surface area (Å²) in [5.41, 5.74) is 4.04. The van der Waals surface area contributed by atoms with Crippen LogP contribution in [0.25, 0.3) is 27.4 Å². The van der Waals surface area contributed by atoms with Gasteiger partial charge in [0.05, 0.1) is 35.4 Å². The molecule has 194 valence electrons. The van der Waals surface area contributed by atoms with Crippen molar-refractivity contribution in [1.82, 2.24) is 4.57 Å². The highest BCUT2D eigenvalue weighted by Crippen LogP contribution is 2.39. The van der Waals surface area contributed by atoms with Gasteiger partial charge < -0.3 is 14.0 Å². The number of sulfonamides is 1. The van der Waals surface area contributed by atoms with E-state index in [-0.39, 0.29) is 11.5 Å². The van der Waals surface area contributed by atoms with Gasteiger partial charge in [-0.05, 0) is 63.2 Å². The molecule has 4 aromatic carbocycles. The third-order valence-corrected chi connectivity index (χ3v) is 7.97. The number of aromatic nitrogens is 1. The number of anilines is 1. The van der Waals surface area contributed by atoms with Crippen molar-refractivity contribution < 1.29 is 22.7 Å². The SMILES string of the molecule is CCOC(=O)c1c(C)n(-c2ccc(OC)cc2)c2c1cc(NS(=O)(=O)c1ccc(C)cc1)c1ccccc12. The summed E-state index contributed by atoms with van der Waals surface area (Å²) in [7, 11) is -2.28. The Hall–Kier alpha value is -4.30. The average Bonchev–Trinajstić information content (AvgIpc) is 3.20. The van der Waals surface area contributed by atoms with Crippen LogP contribution < -0.4 is 9.46 Å². The van der Waals surface area contributed by atoms with Crippen molar-refractivity contribution in [2.45, 2.75) is 25.7 Å². The Bertz CT molecular complexity index is 1770. The van der Waals surface area contributed by atoms with Crippen LogP contribution in [0.1, 0.15) is 28.5 Å². The lowest BCUT2D eigenvalue weighted by Gasteiger charge is -2.15. The second-order valence-corrected chi connectivity index (χ2v) is 10.7. The standard InChI is InChI=1S/C30H28N2O5S/c1-5-37-30(33)28-20(3)32(21-12-14-22(36-4)15-13-21)29-25-9-7-6-8-24(25)27(18-26(28)29)31-38(34,35)23-16-10-19(2)11-17-23/h6-18,31H,5H2,1-4H3. The fourth-order valence-electron chi connectivity index (χ4n) is 4.79. The fraction of sp³-hybridized carbons (Fsp3) is 0.167. The molecule has 5 aromatic rings. The number of esters is 1. The number of hydrogen-bond acceptors (Lipinski definition) is 5. The van der Waals surface area contributed by atoms with Crippen LogP contribution in [0.4, 0.5) is 5.69 Å². The Morgan fingerprint density at radius 2 is 1.55 bits per heavy atom. The second kappa shape index (κ2) is 9.87. The van der Waals surface area contributed by atoms with E-state index < -0.39 is 16.0 Å². The van der Waals surface area contributed by atoms with E-state index in [1.807, 2.05) is 66.9 Å². The third kappa shape index (κ3) is 4.37. The molecular formula is C30H28N2O5S. The van der Waals surface area contributed by atoms with E-state index in [2.05, 4.69) is 4.72 Å². The first-order valence-electron chi connectivity index (χ1n) is 12.2. The minimum absolute atomic E-state index is 0.157. The molecule has 1 aromatic heterocycles. The molecule has 0 atom stereocenters. The van der Waals surface area contributed by atoms with Gasteiger partial charge in [-0.3, -0.25) is 4.72 Å². The predicted molar refractivity (Wildman–Crippen MR) is 150 cm³/mol. The summed E-state index contributed by atoms with van der Waals surface area (Å²) in [6, 6.07) is 23.5. The zero-order valence-electron chi connectivity index (χ0n) is 21.6. The maximum atomic E-state index is 13.3. The molecule has 0 aliphatic rings. The lowest BCUT2D eigenvalue weighted by Crippen LogP contribution is -2.13. The van der Waals surface area contributed by atoms with Crippen molar-refractivity contribution in [2.24, 2.45) is 0 Å². The van der Waals surface area contributed by atoms with Crippen LogP contribution in [0.15, 0.2) is 83.8 Å². The lowest BCUT2D eigenvalue weighted by molar-refractivity contribution is 0.0527. The maximum Gasteiger partial charge on any atom is 0.340 e. The van der Waals surface area contributed by atoms with Gasteiger partial charge in [0.1, 0.15) is 5.75 Å². The first kappa shape index (κ1) is 25.4. The van der Waals surface area contributed by atoms with E-state index in [9.17, 15) is 13.2 Å². The smallest absolute Gasteiger partial charge is 0.340 e. The van der Waals surface area contributed by atoms with Crippen molar-refractivity contribution in [3.8, 4) is 11.4 Å². The molecule has 0 aliphatic heterocycles. The maximum absolute atomic E-state index is 13.3. The molecule has 1 heterocycles. The Morgan fingerprint density at radius 3 is 2.18 bits per heavy atom. The largest absolute Gasteiger partial charge is 0.497 e. The van der Waals surface area contributed by atoms with Crippen molar-refractivity contribution in [1.29, 1.82) is 0 Å². The Morgan fingerprint density at radius 1 is 0.895 bits per heavy atom. The molecule has 1 N–H and O–H groups in total.